The number of benzene rings is 2. The SMILES string of the molecule is CC(c1ccc2cc(F)ccc2n1)C(O)(Cc1nc[nH]n1)c1ccc(F)cc1. The molecule has 7 heteroatoms. The first kappa shape index (κ1) is 18.2. The summed E-state index contributed by atoms with van der Waals surface area (Å²) < 4.78 is 26.9. The van der Waals surface area contributed by atoms with Crippen molar-refractivity contribution in [3.8, 4) is 0 Å². The van der Waals surface area contributed by atoms with E-state index in [4.69, 9.17) is 0 Å². The van der Waals surface area contributed by atoms with Crippen LogP contribution in [0, 0.1) is 11.6 Å². The Morgan fingerprint density at radius 1 is 1.04 bits per heavy atom. The zero-order valence-electron chi connectivity index (χ0n) is 15.1. The van der Waals surface area contributed by atoms with Crippen molar-refractivity contribution in [3.63, 3.8) is 0 Å². The molecule has 0 aliphatic carbocycles. The van der Waals surface area contributed by atoms with Gasteiger partial charge in [0, 0.05) is 23.4 Å². The van der Waals surface area contributed by atoms with Crippen molar-refractivity contribution in [3.05, 3.63) is 89.6 Å². The predicted octanol–water partition coefficient (Wildman–Crippen LogP) is 3.87. The number of aromatic amines is 1. The van der Waals surface area contributed by atoms with Crippen LogP contribution in [0.3, 0.4) is 0 Å². The summed E-state index contributed by atoms with van der Waals surface area (Å²) in [6.07, 6.45) is 1.56. The number of H-pyrrole nitrogens is 1. The van der Waals surface area contributed by atoms with Gasteiger partial charge in [-0.2, -0.15) is 5.10 Å². The van der Waals surface area contributed by atoms with Crippen LogP contribution in [0.15, 0.2) is 60.9 Å². The van der Waals surface area contributed by atoms with Crippen molar-refractivity contribution in [2.75, 3.05) is 0 Å². The third-order valence-electron chi connectivity index (χ3n) is 5.07. The van der Waals surface area contributed by atoms with Crippen LogP contribution in [0.25, 0.3) is 10.9 Å². The Morgan fingerprint density at radius 3 is 2.50 bits per heavy atom. The van der Waals surface area contributed by atoms with E-state index >= 15 is 0 Å². The van der Waals surface area contributed by atoms with Gasteiger partial charge in [-0.3, -0.25) is 10.1 Å². The average molecular weight is 380 g/mol. The number of aliphatic hydroxyl groups is 1. The van der Waals surface area contributed by atoms with E-state index in [1.165, 1.54) is 30.6 Å². The van der Waals surface area contributed by atoms with Crippen LogP contribution in [0.2, 0.25) is 0 Å². The highest BCUT2D eigenvalue weighted by Crippen LogP contribution is 2.39. The molecule has 2 aromatic heterocycles. The van der Waals surface area contributed by atoms with Gasteiger partial charge in [-0.25, -0.2) is 13.8 Å². The topological polar surface area (TPSA) is 74.7 Å². The third kappa shape index (κ3) is 3.36. The molecule has 28 heavy (non-hydrogen) atoms. The van der Waals surface area contributed by atoms with E-state index in [1.807, 2.05) is 6.92 Å². The fourth-order valence-corrected chi connectivity index (χ4v) is 3.40. The minimum atomic E-state index is -1.42. The summed E-state index contributed by atoms with van der Waals surface area (Å²) in [6.45, 7) is 1.84. The summed E-state index contributed by atoms with van der Waals surface area (Å²) in [5.41, 5.74) is 0.370. The molecule has 0 fully saturated rings. The van der Waals surface area contributed by atoms with Gasteiger partial charge in [-0.1, -0.05) is 25.1 Å². The number of hydrogen-bond donors (Lipinski definition) is 2. The molecule has 142 valence electrons. The second-order valence-corrected chi connectivity index (χ2v) is 6.82. The number of aromatic nitrogens is 4. The molecule has 2 unspecified atom stereocenters. The van der Waals surface area contributed by atoms with E-state index in [9.17, 15) is 13.9 Å². The van der Waals surface area contributed by atoms with Crippen LogP contribution in [0.5, 0.6) is 0 Å². The van der Waals surface area contributed by atoms with Crippen molar-refractivity contribution in [1.82, 2.24) is 20.2 Å². The van der Waals surface area contributed by atoms with Gasteiger partial charge in [0.25, 0.3) is 0 Å². The Bertz CT molecular complexity index is 1100. The number of pyridine rings is 1. The van der Waals surface area contributed by atoms with E-state index < -0.39 is 11.5 Å². The Hall–Kier alpha value is -3.19. The highest BCUT2D eigenvalue weighted by atomic mass is 19.1. The fourth-order valence-electron chi connectivity index (χ4n) is 3.40. The molecule has 0 bridgehead atoms. The molecule has 2 aromatic carbocycles. The largest absolute Gasteiger partial charge is 0.384 e. The van der Waals surface area contributed by atoms with Gasteiger partial charge in [0.1, 0.15) is 23.6 Å². The van der Waals surface area contributed by atoms with Crippen LogP contribution in [0.4, 0.5) is 8.78 Å². The summed E-state index contributed by atoms with van der Waals surface area (Å²) in [6, 6.07) is 13.6. The van der Waals surface area contributed by atoms with Crippen molar-refractivity contribution >= 4 is 10.9 Å². The molecular weight excluding hydrogens is 362 g/mol. The highest BCUT2D eigenvalue weighted by molar-refractivity contribution is 5.78. The maximum absolute atomic E-state index is 13.4. The first-order chi connectivity index (χ1) is 13.5. The van der Waals surface area contributed by atoms with E-state index in [1.54, 1.807) is 30.3 Å². The molecule has 0 radical (unpaired) electrons. The van der Waals surface area contributed by atoms with Gasteiger partial charge in [-0.05, 0) is 42.0 Å². The number of rotatable bonds is 5. The van der Waals surface area contributed by atoms with Crippen molar-refractivity contribution in [1.29, 1.82) is 0 Å². The lowest BCUT2D eigenvalue weighted by molar-refractivity contribution is 0.00963. The second-order valence-electron chi connectivity index (χ2n) is 6.82. The molecule has 0 aliphatic rings. The van der Waals surface area contributed by atoms with Crippen LogP contribution in [-0.2, 0) is 12.0 Å². The molecule has 2 heterocycles. The third-order valence-corrected chi connectivity index (χ3v) is 5.07. The van der Waals surface area contributed by atoms with Crippen molar-refractivity contribution < 1.29 is 13.9 Å². The minimum absolute atomic E-state index is 0.117. The first-order valence-corrected chi connectivity index (χ1v) is 8.85. The maximum Gasteiger partial charge on any atom is 0.153 e. The average Bonchev–Trinajstić information content (AvgIpc) is 3.20. The summed E-state index contributed by atoms with van der Waals surface area (Å²) in [5.74, 6) is -0.752. The summed E-state index contributed by atoms with van der Waals surface area (Å²) >= 11 is 0. The van der Waals surface area contributed by atoms with Crippen molar-refractivity contribution in [2.45, 2.75) is 24.9 Å². The summed E-state index contributed by atoms with van der Waals surface area (Å²) in [4.78, 5) is 8.72. The molecular formula is C21H18F2N4O. The Labute approximate surface area is 160 Å². The lowest BCUT2D eigenvalue weighted by Crippen LogP contribution is -2.35. The van der Waals surface area contributed by atoms with Gasteiger partial charge in [0.2, 0.25) is 0 Å². The van der Waals surface area contributed by atoms with Gasteiger partial charge in [-0.15, -0.1) is 0 Å². The molecule has 4 aromatic rings. The number of fused-ring (bicyclic) bond motifs is 1. The van der Waals surface area contributed by atoms with Crippen molar-refractivity contribution in [2.24, 2.45) is 0 Å². The second kappa shape index (κ2) is 7.09. The molecule has 0 amide bonds. The van der Waals surface area contributed by atoms with Crippen LogP contribution in [-0.4, -0.2) is 25.3 Å². The lowest BCUT2D eigenvalue weighted by Gasteiger charge is -2.34. The smallest absolute Gasteiger partial charge is 0.153 e. The Kier molecular flexibility index (Phi) is 4.60. The molecule has 0 aliphatic heterocycles. The monoisotopic (exact) mass is 380 g/mol. The fraction of sp³-hybridized carbons (Fsp3) is 0.190. The van der Waals surface area contributed by atoms with Gasteiger partial charge in [0.05, 0.1) is 5.52 Å². The van der Waals surface area contributed by atoms with Gasteiger partial charge >= 0.3 is 0 Å². The number of nitrogens with zero attached hydrogens (tertiary/aromatic N) is 3. The lowest BCUT2D eigenvalue weighted by atomic mass is 9.77. The van der Waals surface area contributed by atoms with E-state index in [2.05, 4.69) is 20.2 Å². The molecule has 0 spiro atoms. The van der Waals surface area contributed by atoms with E-state index in [-0.39, 0.29) is 18.1 Å². The quantitative estimate of drug-likeness (QED) is 0.551. The standard InChI is InChI=1S/C21H18F2N4O/c1-13(18-8-2-14-10-17(23)7-9-19(14)26-18)21(28,11-20-24-12-25-27-20)15-3-5-16(22)6-4-15/h2-10,12-13,28H,11H2,1H3,(H,24,25,27). The number of hydrogen-bond acceptors (Lipinski definition) is 4. The van der Waals surface area contributed by atoms with Crippen LogP contribution in [0.1, 0.15) is 29.9 Å². The first-order valence-electron chi connectivity index (χ1n) is 8.85. The summed E-state index contributed by atoms with van der Waals surface area (Å²) in [7, 11) is 0. The molecule has 4 rings (SSSR count). The molecule has 0 saturated carbocycles. The molecule has 2 atom stereocenters. The van der Waals surface area contributed by atoms with E-state index in [0.717, 1.165) is 0 Å². The van der Waals surface area contributed by atoms with Crippen LogP contribution < -0.4 is 0 Å². The Balaban J connectivity index is 1.78. The van der Waals surface area contributed by atoms with E-state index in [0.29, 0.717) is 28.0 Å². The van der Waals surface area contributed by atoms with Gasteiger partial charge < -0.3 is 5.11 Å². The van der Waals surface area contributed by atoms with Crippen LogP contribution >= 0.6 is 0 Å². The summed E-state index contributed by atoms with van der Waals surface area (Å²) in [5, 5.41) is 19.0. The zero-order chi connectivity index (χ0) is 19.7. The Morgan fingerprint density at radius 2 is 1.79 bits per heavy atom. The normalized spacial score (nSPS) is 14.7. The number of halogens is 2. The van der Waals surface area contributed by atoms with Gasteiger partial charge in [0.15, 0.2) is 5.82 Å². The number of nitrogens with one attached hydrogen (secondary N) is 1. The molecule has 0 saturated heterocycles. The maximum atomic E-state index is 13.4. The predicted molar refractivity (Wildman–Crippen MR) is 100 cm³/mol. The minimum Gasteiger partial charge on any atom is -0.384 e. The zero-order valence-corrected chi connectivity index (χ0v) is 15.1. The highest BCUT2D eigenvalue weighted by Gasteiger charge is 2.39. The molecule has 2 N–H and O–H groups in total. The molecule has 5 nitrogen and oxygen atoms in total.